The highest BCUT2D eigenvalue weighted by Gasteiger charge is 2.21. The third-order valence-corrected chi connectivity index (χ3v) is 4.36. The first-order chi connectivity index (χ1) is 13.2. The highest BCUT2D eigenvalue weighted by Crippen LogP contribution is 2.23. The van der Waals surface area contributed by atoms with Crippen LogP contribution >= 0.6 is 0 Å². The molecule has 4 rings (SSSR count). The molecule has 0 aliphatic heterocycles. The first kappa shape index (κ1) is 17.2. The molecule has 7 nitrogen and oxygen atoms in total. The quantitative estimate of drug-likeness (QED) is 0.670. The van der Waals surface area contributed by atoms with Crippen LogP contribution in [0, 0.1) is 0 Å². The van der Waals surface area contributed by atoms with Crippen LogP contribution < -0.4 is 10.6 Å². The van der Waals surface area contributed by atoms with Crippen LogP contribution in [0.2, 0.25) is 0 Å². The number of hydrogen-bond donors (Lipinski definition) is 2. The van der Waals surface area contributed by atoms with E-state index in [9.17, 15) is 4.79 Å². The van der Waals surface area contributed by atoms with Crippen molar-refractivity contribution in [2.45, 2.75) is 38.3 Å². The molecule has 27 heavy (non-hydrogen) atoms. The molecule has 1 aromatic carbocycles. The predicted octanol–water partition coefficient (Wildman–Crippen LogP) is 3.12. The number of nitrogens with one attached hydrogen (secondary N) is 2. The number of rotatable bonds is 7. The molecule has 2 aromatic heterocycles. The first-order valence-electron chi connectivity index (χ1n) is 9.07. The molecule has 1 aliphatic carbocycles. The third-order valence-electron chi connectivity index (χ3n) is 4.36. The van der Waals surface area contributed by atoms with Crippen molar-refractivity contribution in [2.24, 2.45) is 0 Å². The molecule has 138 valence electrons. The Kier molecular flexibility index (Phi) is 4.82. The molecule has 1 saturated carbocycles. The Morgan fingerprint density at radius 1 is 1.22 bits per heavy atom. The SMILES string of the molecule is C[C@@H](NC(=O)c1ccc(NC2CC2)nc1)c1nc(Cc2ccccc2)no1. The second-order valence-corrected chi connectivity index (χ2v) is 6.76. The van der Waals surface area contributed by atoms with Gasteiger partial charge in [0.05, 0.1) is 5.56 Å². The summed E-state index contributed by atoms with van der Waals surface area (Å²) in [5.41, 5.74) is 1.60. The molecule has 3 aromatic rings. The zero-order valence-corrected chi connectivity index (χ0v) is 15.1. The lowest BCUT2D eigenvalue weighted by Crippen LogP contribution is -2.27. The van der Waals surface area contributed by atoms with Gasteiger partial charge in [-0.1, -0.05) is 35.5 Å². The molecule has 1 amide bonds. The van der Waals surface area contributed by atoms with Crippen molar-refractivity contribution in [1.82, 2.24) is 20.4 Å². The minimum atomic E-state index is -0.390. The summed E-state index contributed by atoms with van der Waals surface area (Å²) in [6.07, 6.45) is 4.52. The second kappa shape index (κ2) is 7.57. The topological polar surface area (TPSA) is 92.9 Å². The highest BCUT2D eigenvalue weighted by molar-refractivity contribution is 5.94. The molecular formula is C20H21N5O2. The minimum absolute atomic E-state index is 0.226. The van der Waals surface area contributed by atoms with Crippen molar-refractivity contribution >= 4 is 11.7 Å². The molecule has 0 radical (unpaired) electrons. The average Bonchev–Trinajstić information content (AvgIpc) is 3.38. The molecule has 1 atom stereocenters. The van der Waals surface area contributed by atoms with E-state index in [1.54, 1.807) is 12.3 Å². The van der Waals surface area contributed by atoms with E-state index in [1.807, 2.05) is 43.3 Å². The number of benzene rings is 1. The van der Waals surface area contributed by atoms with Crippen LogP contribution in [0.15, 0.2) is 53.2 Å². The summed E-state index contributed by atoms with van der Waals surface area (Å²) >= 11 is 0. The lowest BCUT2D eigenvalue weighted by atomic mass is 10.1. The summed E-state index contributed by atoms with van der Waals surface area (Å²) in [4.78, 5) is 21.1. The van der Waals surface area contributed by atoms with Gasteiger partial charge in [-0.3, -0.25) is 4.79 Å². The maximum absolute atomic E-state index is 12.4. The van der Waals surface area contributed by atoms with Gasteiger partial charge in [0.1, 0.15) is 11.9 Å². The van der Waals surface area contributed by atoms with Gasteiger partial charge in [0.2, 0.25) is 5.89 Å². The van der Waals surface area contributed by atoms with Crippen LogP contribution in [-0.4, -0.2) is 27.1 Å². The number of carbonyl (C=O) groups excluding carboxylic acids is 1. The Bertz CT molecular complexity index is 904. The van der Waals surface area contributed by atoms with Crippen molar-refractivity contribution in [3.05, 3.63) is 71.5 Å². The summed E-state index contributed by atoms with van der Waals surface area (Å²) in [5, 5.41) is 10.2. The summed E-state index contributed by atoms with van der Waals surface area (Å²) in [6, 6.07) is 13.6. The predicted molar refractivity (Wildman–Crippen MR) is 100 cm³/mol. The van der Waals surface area contributed by atoms with E-state index in [1.165, 1.54) is 12.8 Å². The Balaban J connectivity index is 1.35. The Hall–Kier alpha value is -3.22. The molecule has 2 heterocycles. The molecule has 0 bridgehead atoms. The van der Waals surface area contributed by atoms with Crippen molar-refractivity contribution in [3.63, 3.8) is 0 Å². The van der Waals surface area contributed by atoms with Gasteiger partial charge in [0.25, 0.3) is 5.91 Å². The number of aromatic nitrogens is 3. The van der Waals surface area contributed by atoms with Crippen molar-refractivity contribution in [2.75, 3.05) is 5.32 Å². The molecule has 2 N–H and O–H groups in total. The van der Waals surface area contributed by atoms with Gasteiger partial charge in [-0.25, -0.2) is 4.98 Å². The Labute approximate surface area is 157 Å². The molecule has 0 spiro atoms. The van der Waals surface area contributed by atoms with E-state index in [0.717, 1.165) is 11.4 Å². The molecule has 0 saturated heterocycles. The number of anilines is 1. The van der Waals surface area contributed by atoms with Gasteiger partial charge >= 0.3 is 0 Å². The van der Waals surface area contributed by atoms with E-state index in [2.05, 4.69) is 25.8 Å². The monoisotopic (exact) mass is 363 g/mol. The standard InChI is InChI=1S/C20H21N5O2/c1-13(20-24-18(25-27-20)11-14-5-3-2-4-6-14)22-19(26)15-7-10-17(21-12-15)23-16-8-9-16/h2-7,10,12-13,16H,8-9,11H2,1H3,(H,21,23)(H,22,26)/t13-/m1/s1. The smallest absolute Gasteiger partial charge is 0.253 e. The van der Waals surface area contributed by atoms with E-state index in [4.69, 9.17) is 4.52 Å². The number of pyridine rings is 1. The van der Waals surface area contributed by atoms with Crippen LogP contribution in [0.1, 0.15) is 53.4 Å². The van der Waals surface area contributed by atoms with Crippen LogP contribution in [0.4, 0.5) is 5.82 Å². The van der Waals surface area contributed by atoms with E-state index in [0.29, 0.717) is 29.7 Å². The van der Waals surface area contributed by atoms with Crippen molar-refractivity contribution in [3.8, 4) is 0 Å². The maximum atomic E-state index is 12.4. The summed E-state index contributed by atoms with van der Waals surface area (Å²) < 4.78 is 5.30. The summed E-state index contributed by atoms with van der Waals surface area (Å²) in [6.45, 7) is 1.81. The van der Waals surface area contributed by atoms with E-state index < -0.39 is 6.04 Å². The third kappa shape index (κ3) is 4.49. The fourth-order valence-corrected chi connectivity index (χ4v) is 2.69. The number of nitrogens with zero attached hydrogens (tertiary/aromatic N) is 3. The van der Waals surface area contributed by atoms with Gasteiger partial charge in [0.15, 0.2) is 5.82 Å². The van der Waals surface area contributed by atoms with Gasteiger partial charge in [-0.15, -0.1) is 0 Å². The Morgan fingerprint density at radius 2 is 2.04 bits per heavy atom. The maximum Gasteiger partial charge on any atom is 0.253 e. The molecular weight excluding hydrogens is 342 g/mol. The van der Waals surface area contributed by atoms with Crippen molar-refractivity contribution < 1.29 is 9.32 Å². The lowest BCUT2D eigenvalue weighted by Gasteiger charge is -2.10. The van der Waals surface area contributed by atoms with Crippen LogP contribution in [0.25, 0.3) is 0 Å². The number of carbonyl (C=O) groups is 1. The second-order valence-electron chi connectivity index (χ2n) is 6.76. The Morgan fingerprint density at radius 3 is 2.74 bits per heavy atom. The minimum Gasteiger partial charge on any atom is -0.367 e. The zero-order valence-electron chi connectivity index (χ0n) is 15.1. The molecule has 0 unspecified atom stereocenters. The average molecular weight is 363 g/mol. The lowest BCUT2D eigenvalue weighted by molar-refractivity contribution is 0.0932. The first-order valence-corrected chi connectivity index (χ1v) is 9.07. The zero-order chi connectivity index (χ0) is 18.6. The number of hydrogen-bond acceptors (Lipinski definition) is 6. The van der Waals surface area contributed by atoms with Crippen LogP contribution in [0.5, 0.6) is 0 Å². The summed E-state index contributed by atoms with van der Waals surface area (Å²) in [5.74, 6) is 1.55. The van der Waals surface area contributed by atoms with Gasteiger partial charge in [-0.05, 0) is 37.5 Å². The van der Waals surface area contributed by atoms with Gasteiger partial charge in [-0.2, -0.15) is 4.98 Å². The fourth-order valence-electron chi connectivity index (χ4n) is 2.69. The largest absolute Gasteiger partial charge is 0.367 e. The van der Waals surface area contributed by atoms with E-state index in [-0.39, 0.29) is 5.91 Å². The molecule has 1 fully saturated rings. The van der Waals surface area contributed by atoms with Gasteiger partial charge < -0.3 is 15.2 Å². The highest BCUT2D eigenvalue weighted by atomic mass is 16.5. The summed E-state index contributed by atoms with van der Waals surface area (Å²) in [7, 11) is 0. The van der Waals surface area contributed by atoms with Crippen LogP contribution in [0.3, 0.4) is 0 Å². The fraction of sp³-hybridized carbons (Fsp3) is 0.300. The van der Waals surface area contributed by atoms with Crippen molar-refractivity contribution in [1.29, 1.82) is 0 Å². The number of amides is 1. The molecule has 7 heteroatoms. The van der Waals surface area contributed by atoms with E-state index >= 15 is 0 Å². The molecule has 1 aliphatic rings. The normalized spacial score (nSPS) is 14.6. The van der Waals surface area contributed by atoms with Gasteiger partial charge in [0, 0.05) is 18.7 Å². The van der Waals surface area contributed by atoms with Crippen LogP contribution in [-0.2, 0) is 6.42 Å².